The molecule has 0 spiro atoms. The van der Waals surface area contributed by atoms with E-state index in [2.05, 4.69) is 9.89 Å². The number of benzene rings is 3. The molecule has 0 unspecified atom stereocenters. The van der Waals surface area contributed by atoms with Gasteiger partial charge in [0.05, 0.1) is 6.54 Å². The van der Waals surface area contributed by atoms with E-state index in [9.17, 15) is 13.6 Å². The minimum absolute atomic E-state index is 0.0888. The number of nitrogens with zero attached hydrogens (tertiary/aromatic N) is 2. The first-order valence-corrected chi connectivity index (χ1v) is 11.8. The summed E-state index contributed by atoms with van der Waals surface area (Å²) in [4.78, 5) is 19.4. The molecule has 0 amide bonds. The summed E-state index contributed by atoms with van der Waals surface area (Å²) in [6.45, 7) is 0.767. The number of amidine groups is 1. The molecule has 1 heterocycles. The number of rotatable bonds is 4. The molecule has 5 rings (SSSR count). The van der Waals surface area contributed by atoms with Gasteiger partial charge in [0.1, 0.15) is 11.6 Å². The van der Waals surface area contributed by atoms with Crippen LogP contribution >= 0.6 is 11.8 Å². The Kier molecular flexibility index (Phi) is 6.23. The van der Waals surface area contributed by atoms with Gasteiger partial charge in [-0.3, -0.25) is 14.7 Å². The molecule has 6 heteroatoms. The summed E-state index contributed by atoms with van der Waals surface area (Å²) in [6.07, 6.45) is 7.07. The van der Waals surface area contributed by atoms with Gasteiger partial charge in [0.25, 0.3) is 0 Å². The zero-order valence-corrected chi connectivity index (χ0v) is 18.9. The molecule has 3 aromatic carbocycles. The fourth-order valence-electron chi connectivity index (χ4n) is 3.87. The molecule has 0 N–H and O–H groups in total. The molecule has 0 saturated heterocycles. The van der Waals surface area contributed by atoms with Crippen LogP contribution in [-0.2, 0) is 4.79 Å². The SMILES string of the molecule is O=C1C=CC(N(C2=NCCS2)c2ccccc2)=CC1=Cc1ccc(-c2cc(F)cc(F)c2)cc1. The zero-order chi connectivity index (χ0) is 23.5. The summed E-state index contributed by atoms with van der Waals surface area (Å²) in [6, 6.07) is 20.6. The number of hydrogen-bond donors (Lipinski definition) is 0. The fourth-order valence-corrected chi connectivity index (χ4v) is 4.75. The number of thioether (sulfide) groups is 1. The molecule has 3 nitrogen and oxygen atoms in total. The third-order valence-corrected chi connectivity index (χ3v) is 6.41. The molecule has 1 aliphatic carbocycles. The first-order valence-electron chi connectivity index (χ1n) is 10.8. The Morgan fingerprint density at radius 2 is 1.62 bits per heavy atom. The van der Waals surface area contributed by atoms with E-state index in [1.807, 2.05) is 60.7 Å². The van der Waals surface area contributed by atoms with Gasteiger partial charge in [-0.1, -0.05) is 54.2 Å². The highest BCUT2D eigenvalue weighted by atomic mass is 32.2. The summed E-state index contributed by atoms with van der Waals surface area (Å²) in [7, 11) is 0. The molecule has 0 aromatic heterocycles. The Morgan fingerprint density at radius 3 is 2.29 bits per heavy atom. The van der Waals surface area contributed by atoms with Crippen LogP contribution in [0, 0.1) is 11.6 Å². The van der Waals surface area contributed by atoms with Crippen molar-refractivity contribution in [3.05, 3.63) is 119 Å². The topological polar surface area (TPSA) is 32.7 Å². The first kappa shape index (κ1) is 22.0. The number of ketones is 1. The van der Waals surface area contributed by atoms with Crippen LogP contribution in [0.1, 0.15) is 5.56 Å². The van der Waals surface area contributed by atoms with Crippen molar-refractivity contribution in [1.29, 1.82) is 0 Å². The number of carbonyl (C=O) groups excluding carboxylic acids is 1. The van der Waals surface area contributed by atoms with Crippen LogP contribution in [0.3, 0.4) is 0 Å². The van der Waals surface area contributed by atoms with Crippen LogP contribution in [0.15, 0.2) is 107 Å². The quantitative estimate of drug-likeness (QED) is 0.400. The van der Waals surface area contributed by atoms with E-state index < -0.39 is 11.6 Å². The lowest BCUT2D eigenvalue weighted by Gasteiger charge is -2.26. The molecular formula is C28H20F2N2OS. The van der Waals surface area contributed by atoms with Crippen LogP contribution in [0.5, 0.6) is 0 Å². The average Bonchev–Trinajstić information content (AvgIpc) is 3.36. The molecule has 2 aliphatic rings. The lowest BCUT2D eigenvalue weighted by atomic mass is 9.99. The van der Waals surface area contributed by atoms with E-state index >= 15 is 0 Å². The van der Waals surface area contributed by atoms with Crippen LogP contribution in [0.4, 0.5) is 14.5 Å². The monoisotopic (exact) mass is 470 g/mol. The minimum atomic E-state index is -0.619. The maximum Gasteiger partial charge on any atom is 0.186 e. The Hall–Kier alpha value is -3.77. The molecule has 34 heavy (non-hydrogen) atoms. The second kappa shape index (κ2) is 9.61. The van der Waals surface area contributed by atoms with E-state index in [4.69, 9.17) is 0 Å². The van der Waals surface area contributed by atoms with Gasteiger partial charge in [-0.05, 0) is 65.3 Å². The lowest BCUT2D eigenvalue weighted by molar-refractivity contribution is -0.111. The van der Waals surface area contributed by atoms with Gasteiger partial charge in [-0.25, -0.2) is 8.78 Å². The third kappa shape index (κ3) is 4.77. The molecule has 0 atom stereocenters. The highest BCUT2D eigenvalue weighted by Crippen LogP contribution is 2.30. The summed E-state index contributed by atoms with van der Waals surface area (Å²) in [5.41, 5.74) is 4.35. The van der Waals surface area contributed by atoms with Crippen molar-refractivity contribution in [1.82, 2.24) is 0 Å². The number of allylic oxidation sites excluding steroid dienone is 4. The Bertz CT molecular complexity index is 1340. The number of carbonyl (C=O) groups is 1. The van der Waals surface area contributed by atoms with Gasteiger partial charge in [-0.2, -0.15) is 0 Å². The zero-order valence-electron chi connectivity index (χ0n) is 18.1. The Labute approximate surface area is 200 Å². The van der Waals surface area contributed by atoms with E-state index in [1.54, 1.807) is 30.0 Å². The van der Waals surface area contributed by atoms with Crippen LogP contribution in [-0.4, -0.2) is 23.2 Å². The maximum atomic E-state index is 13.6. The van der Waals surface area contributed by atoms with E-state index in [0.29, 0.717) is 16.7 Å². The van der Waals surface area contributed by atoms with Gasteiger partial charge in [0.2, 0.25) is 0 Å². The lowest BCUT2D eigenvalue weighted by Crippen LogP contribution is -2.27. The number of halogens is 2. The summed E-state index contributed by atoms with van der Waals surface area (Å²) in [5.74, 6) is -0.397. The largest absolute Gasteiger partial charge is 0.290 e. The third-order valence-electron chi connectivity index (χ3n) is 5.46. The van der Waals surface area contributed by atoms with Crippen molar-refractivity contribution in [3.8, 4) is 11.1 Å². The van der Waals surface area contributed by atoms with E-state index in [1.165, 1.54) is 12.1 Å². The van der Waals surface area contributed by atoms with Crippen LogP contribution in [0.25, 0.3) is 17.2 Å². The van der Waals surface area contributed by atoms with Gasteiger partial charge < -0.3 is 0 Å². The van der Waals surface area contributed by atoms with Crippen molar-refractivity contribution in [2.24, 2.45) is 4.99 Å². The number of aliphatic imine (C=N–C) groups is 1. The number of para-hydroxylation sites is 1. The normalized spacial score (nSPS) is 16.5. The van der Waals surface area contributed by atoms with Crippen molar-refractivity contribution in [3.63, 3.8) is 0 Å². The first-order chi connectivity index (χ1) is 16.6. The predicted octanol–water partition coefficient (Wildman–Crippen LogP) is 6.65. The molecule has 0 saturated carbocycles. The van der Waals surface area contributed by atoms with Crippen molar-refractivity contribution < 1.29 is 13.6 Å². The van der Waals surface area contributed by atoms with Crippen molar-refractivity contribution >= 4 is 34.5 Å². The highest BCUT2D eigenvalue weighted by Gasteiger charge is 2.23. The highest BCUT2D eigenvalue weighted by molar-refractivity contribution is 8.14. The molecular weight excluding hydrogens is 450 g/mol. The van der Waals surface area contributed by atoms with E-state index in [0.717, 1.165) is 40.5 Å². The fraction of sp³-hybridized carbons (Fsp3) is 0.0714. The van der Waals surface area contributed by atoms with Crippen molar-refractivity contribution in [2.45, 2.75) is 0 Å². The van der Waals surface area contributed by atoms with Crippen LogP contribution in [0.2, 0.25) is 0 Å². The summed E-state index contributed by atoms with van der Waals surface area (Å²) >= 11 is 1.69. The molecule has 0 bridgehead atoms. The maximum absolute atomic E-state index is 13.6. The molecule has 0 fully saturated rings. The van der Waals surface area contributed by atoms with Crippen LogP contribution < -0.4 is 4.90 Å². The number of hydrogen-bond acceptors (Lipinski definition) is 4. The summed E-state index contributed by atoms with van der Waals surface area (Å²) in [5, 5.41) is 0.905. The molecule has 3 aromatic rings. The second-order valence-corrected chi connectivity index (χ2v) is 8.89. The molecule has 0 radical (unpaired) electrons. The van der Waals surface area contributed by atoms with E-state index in [-0.39, 0.29) is 5.78 Å². The molecule has 168 valence electrons. The average molecular weight is 471 g/mol. The molecule has 1 aliphatic heterocycles. The summed E-state index contributed by atoms with van der Waals surface area (Å²) < 4.78 is 27.1. The van der Waals surface area contributed by atoms with Crippen molar-refractivity contribution in [2.75, 3.05) is 17.2 Å². The number of anilines is 1. The van der Waals surface area contributed by atoms with Gasteiger partial charge in [0.15, 0.2) is 11.0 Å². The van der Waals surface area contributed by atoms with Gasteiger partial charge in [0, 0.05) is 28.8 Å². The van der Waals surface area contributed by atoms with Gasteiger partial charge >= 0.3 is 0 Å². The second-order valence-electron chi connectivity index (χ2n) is 7.83. The Balaban J connectivity index is 1.47. The Morgan fingerprint density at radius 1 is 0.882 bits per heavy atom. The standard InChI is InChI=1S/C28H20F2N2OS/c29-23-15-21(16-24(30)18-23)20-8-6-19(7-9-20)14-22-17-26(10-11-27(22)33)32(28-31-12-13-34-28)25-4-2-1-3-5-25/h1-11,14-18H,12-13H2. The minimum Gasteiger partial charge on any atom is -0.290 e. The smallest absolute Gasteiger partial charge is 0.186 e. The predicted molar refractivity (Wildman–Crippen MR) is 136 cm³/mol. The van der Waals surface area contributed by atoms with Gasteiger partial charge in [-0.15, -0.1) is 0 Å².